The first-order chi connectivity index (χ1) is 12.6. The molecule has 0 aliphatic heterocycles. The van der Waals surface area contributed by atoms with E-state index >= 15 is 0 Å². The predicted molar refractivity (Wildman–Crippen MR) is 103 cm³/mol. The third kappa shape index (κ3) is 3.07. The molecule has 1 aromatic carbocycles. The monoisotopic (exact) mass is 348 g/mol. The molecule has 0 saturated heterocycles. The first-order valence-electron chi connectivity index (χ1n) is 8.48. The van der Waals surface area contributed by atoms with Crippen molar-refractivity contribution in [3.05, 3.63) is 65.3 Å². The lowest BCUT2D eigenvalue weighted by molar-refractivity contribution is 0.261. The molecular formula is C20H20N4O2. The molecule has 4 rings (SSSR count). The normalized spacial score (nSPS) is 11.5. The number of nitrogens with zero attached hydrogens (tertiary/aromatic N) is 3. The SMILES string of the molecule is CN(C)CCOc1ccc2[nH]c(=O)c3cc(-c4ccncc4)cn3c2c1. The fourth-order valence-electron chi connectivity index (χ4n) is 2.98. The maximum atomic E-state index is 12.4. The van der Waals surface area contributed by atoms with Gasteiger partial charge in [0, 0.05) is 36.8 Å². The molecule has 0 aliphatic carbocycles. The Kier molecular flexibility index (Phi) is 4.18. The van der Waals surface area contributed by atoms with E-state index in [-0.39, 0.29) is 5.56 Å². The highest BCUT2D eigenvalue weighted by Crippen LogP contribution is 2.25. The van der Waals surface area contributed by atoms with Crippen LogP contribution in [-0.2, 0) is 0 Å². The first kappa shape index (κ1) is 16.4. The van der Waals surface area contributed by atoms with Gasteiger partial charge in [-0.05, 0) is 50.0 Å². The van der Waals surface area contributed by atoms with Gasteiger partial charge in [0.2, 0.25) is 0 Å². The number of fused-ring (bicyclic) bond motifs is 3. The minimum atomic E-state index is -0.112. The number of ether oxygens (including phenoxy) is 1. The zero-order chi connectivity index (χ0) is 18.1. The molecule has 132 valence electrons. The van der Waals surface area contributed by atoms with Gasteiger partial charge in [0.05, 0.1) is 11.0 Å². The Morgan fingerprint density at radius 3 is 2.65 bits per heavy atom. The van der Waals surface area contributed by atoms with Crippen LogP contribution in [0.3, 0.4) is 0 Å². The summed E-state index contributed by atoms with van der Waals surface area (Å²) in [6, 6.07) is 11.5. The standard InChI is InChI=1S/C20H20N4O2/c1-23(2)9-10-26-16-3-4-17-18(12-16)24-13-15(11-19(24)20(25)22-17)14-5-7-21-8-6-14/h3-8,11-13H,9-10H2,1-2H3,(H,22,25). The minimum absolute atomic E-state index is 0.112. The number of aromatic nitrogens is 3. The quantitative estimate of drug-likeness (QED) is 0.602. The third-order valence-corrected chi connectivity index (χ3v) is 4.35. The Labute approximate surface area is 150 Å². The molecule has 0 bridgehead atoms. The molecule has 0 fully saturated rings. The number of hydrogen-bond donors (Lipinski definition) is 1. The highest BCUT2D eigenvalue weighted by atomic mass is 16.5. The van der Waals surface area contributed by atoms with Crippen molar-refractivity contribution in [2.45, 2.75) is 0 Å². The Morgan fingerprint density at radius 1 is 1.08 bits per heavy atom. The topological polar surface area (TPSA) is 62.6 Å². The zero-order valence-electron chi connectivity index (χ0n) is 14.8. The second-order valence-electron chi connectivity index (χ2n) is 6.50. The number of benzene rings is 1. The predicted octanol–water partition coefficient (Wildman–Crippen LogP) is 2.78. The van der Waals surface area contributed by atoms with E-state index in [1.54, 1.807) is 12.4 Å². The fourth-order valence-corrected chi connectivity index (χ4v) is 2.98. The number of pyridine rings is 1. The van der Waals surface area contributed by atoms with Gasteiger partial charge < -0.3 is 19.0 Å². The summed E-state index contributed by atoms with van der Waals surface area (Å²) in [5.74, 6) is 0.784. The van der Waals surface area contributed by atoms with Crippen LogP contribution in [0.25, 0.3) is 27.7 Å². The van der Waals surface area contributed by atoms with E-state index in [9.17, 15) is 4.79 Å². The number of nitrogens with one attached hydrogen (secondary N) is 1. The van der Waals surface area contributed by atoms with E-state index in [2.05, 4.69) is 14.9 Å². The summed E-state index contributed by atoms with van der Waals surface area (Å²) in [7, 11) is 4.02. The van der Waals surface area contributed by atoms with Gasteiger partial charge in [-0.15, -0.1) is 0 Å². The molecular weight excluding hydrogens is 328 g/mol. The summed E-state index contributed by atoms with van der Waals surface area (Å²) < 4.78 is 7.76. The minimum Gasteiger partial charge on any atom is -0.492 e. The summed E-state index contributed by atoms with van der Waals surface area (Å²) in [4.78, 5) is 21.5. The summed E-state index contributed by atoms with van der Waals surface area (Å²) in [5, 5.41) is 0. The van der Waals surface area contributed by atoms with E-state index in [1.165, 1.54) is 0 Å². The van der Waals surface area contributed by atoms with E-state index < -0.39 is 0 Å². The molecule has 0 saturated carbocycles. The van der Waals surface area contributed by atoms with Crippen LogP contribution in [0.4, 0.5) is 0 Å². The molecule has 1 N–H and O–H groups in total. The lowest BCUT2D eigenvalue weighted by Crippen LogP contribution is -2.19. The molecule has 3 aromatic heterocycles. The summed E-state index contributed by atoms with van der Waals surface area (Å²) >= 11 is 0. The maximum absolute atomic E-state index is 12.4. The van der Waals surface area contributed by atoms with Crippen LogP contribution in [0.5, 0.6) is 5.75 Å². The largest absolute Gasteiger partial charge is 0.492 e. The van der Waals surface area contributed by atoms with Gasteiger partial charge >= 0.3 is 0 Å². The van der Waals surface area contributed by atoms with Gasteiger partial charge in [0.1, 0.15) is 17.9 Å². The highest BCUT2D eigenvalue weighted by molar-refractivity contribution is 5.82. The number of rotatable bonds is 5. The average Bonchev–Trinajstić information content (AvgIpc) is 3.09. The molecule has 3 heterocycles. The van der Waals surface area contributed by atoms with Crippen molar-refractivity contribution in [1.82, 2.24) is 19.3 Å². The van der Waals surface area contributed by atoms with Crippen molar-refractivity contribution >= 4 is 16.6 Å². The van der Waals surface area contributed by atoms with E-state index in [1.807, 2.05) is 61.1 Å². The van der Waals surface area contributed by atoms with E-state index in [0.29, 0.717) is 12.1 Å². The van der Waals surface area contributed by atoms with Crippen molar-refractivity contribution in [3.8, 4) is 16.9 Å². The number of likely N-dealkylation sites (N-methyl/N-ethyl adjacent to an activating group) is 1. The Bertz CT molecular complexity index is 1110. The van der Waals surface area contributed by atoms with Crippen LogP contribution < -0.4 is 10.3 Å². The molecule has 0 spiro atoms. The van der Waals surface area contributed by atoms with Crippen LogP contribution in [0.1, 0.15) is 0 Å². The van der Waals surface area contributed by atoms with Crippen LogP contribution in [0.15, 0.2) is 59.8 Å². The van der Waals surface area contributed by atoms with Gasteiger partial charge in [-0.1, -0.05) is 0 Å². The van der Waals surface area contributed by atoms with Crippen LogP contribution >= 0.6 is 0 Å². The maximum Gasteiger partial charge on any atom is 0.272 e. The molecule has 0 aliphatic rings. The molecule has 0 radical (unpaired) electrons. The van der Waals surface area contributed by atoms with Gasteiger partial charge in [0.15, 0.2) is 0 Å². The van der Waals surface area contributed by atoms with E-state index in [0.717, 1.165) is 34.5 Å². The highest BCUT2D eigenvalue weighted by Gasteiger charge is 2.10. The van der Waals surface area contributed by atoms with Crippen molar-refractivity contribution in [2.75, 3.05) is 27.2 Å². The van der Waals surface area contributed by atoms with E-state index in [4.69, 9.17) is 4.74 Å². The van der Waals surface area contributed by atoms with Gasteiger partial charge in [-0.25, -0.2) is 0 Å². The Hall–Kier alpha value is -3.12. The van der Waals surface area contributed by atoms with Gasteiger partial charge in [0.25, 0.3) is 5.56 Å². The molecule has 0 amide bonds. The Morgan fingerprint density at radius 2 is 1.88 bits per heavy atom. The second-order valence-corrected chi connectivity index (χ2v) is 6.50. The van der Waals surface area contributed by atoms with Crippen LogP contribution in [0.2, 0.25) is 0 Å². The zero-order valence-corrected chi connectivity index (χ0v) is 14.8. The second kappa shape index (κ2) is 6.65. The fraction of sp³-hybridized carbons (Fsp3) is 0.200. The molecule has 0 atom stereocenters. The molecule has 0 unspecified atom stereocenters. The smallest absolute Gasteiger partial charge is 0.272 e. The van der Waals surface area contributed by atoms with Crippen molar-refractivity contribution in [2.24, 2.45) is 0 Å². The van der Waals surface area contributed by atoms with Crippen molar-refractivity contribution in [3.63, 3.8) is 0 Å². The first-order valence-corrected chi connectivity index (χ1v) is 8.48. The number of aromatic amines is 1. The molecule has 6 heteroatoms. The lowest BCUT2D eigenvalue weighted by Gasteiger charge is -2.11. The molecule has 26 heavy (non-hydrogen) atoms. The van der Waals surface area contributed by atoms with Gasteiger partial charge in [-0.3, -0.25) is 9.78 Å². The number of H-pyrrole nitrogens is 1. The third-order valence-electron chi connectivity index (χ3n) is 4.35. The van der Waals surface area contributed by atoms with Gasteiger partial charge in [-0.2, -0.15) is 0 Å². The Balaban J connectivity index is 1.81. The summed E-state index contributed by atoms with van der Waals surface area (Å²) in [5.41, 5.74) is 4.18. The van der Waals surface area contributed by atoms with Crippen LogP contribution in [-0.4, -0.2) is 46.5 Å². The summed E-state index contributed by atoms with van der Waals surface area (Å²) in [6.07, 6.45) is 5.47. The van der Waals surface area contributed by atoms with Crippen LogP contribution in [0, 0.1) is 0 Å². The summed E-state index contributed by atoms with van der Waals surface area (Å²) in [6.45, 7) is 1.45. The number of hydrogen-bond acceptors (Lipinski definition) is 4. The average molecular weight is 348 g/mol. The van der Waals surface area contributed by atoms with Crippen molar-refractivity contribution in [1.29, 1.82) is 0 Å². The van der Waals surface area contributed by atoms with Crippen molar-refractivity contribution < 1.29 is 4.74 Å². The lowest BCUT2D eigenvalue weighted by atomic mass is 10.1. The molecule has 6 nitrogen and oxygen atoms in total. The molecule has 4 aromatic rings.